The predicted molar refractivity (Wildman–Crippen MR) is 86.4 cm³/mol. The molecule has 1 aromatic rings. The van der Waals surface area contributed by atoms with Crippen LogP contribution < -0.4 is 4.90 Å². The zero-order valence-electron chi connectivity index (χ0n) is 13.8. The van der Waals surface area contributed by atoms with Crippen molar-refractivity contribution >= 4 is 23.5 Å². The fraction of sp³-hybridized carbons (Fsp3) is 0.667. The molecule has 0 aliphatic carbocycles. The van der Waals surface area contributed by atoms with E-state index in [-0.39, 0.29) is 17.4 Å². The van der Waals surface area contributed by atoms with Crippen molar-refractivity contribution in [3.8, 4) is 0 Å². The SMILES string of the molecule is Cc1cc(N2CCN(C(=O)OC(C)(C)C)C[C@H]2C)nc(Cl)n1. The number of anilines is 1. The van der Waals surface area contributed by atoms with Gasteiger partial charge in [-0.3, -0.25) is 0 Å². The molecule has 22 heavy (non-hydrogen) atoms. The van der Waals surface area contributed by atoms with Crippen LogP contribution in [0.4, 0.5) is 10.6 Å². The smallest absolute Gasteiger partial charge is 0.410 e. The van der Waals surface area contributed by atoms with E-state index in [1.807, 2.05) is 33.8 Å². The van der Waals surface area contributed by atoms with Gasteiger partial charge in [-0.1, -0.05) is 0 Å². The van der Waals surface area contributed by atoms with E-state index in [2.05, 4.69) is 21.8 Å². The number of carbonyl (C=O) groups is 1. The van der Waals surface area contributed by atoms with E-state index in [1.54, 1.807) is 4.90 Å². The molecule has 1 aliphatic heterocycles. The lowest BCUT2D eigenvalue weighted by atomic mass is 10.2. The van der Waals surface area contributed by atoms with Crippen molar-refractivity contribution in [2.75, 3.05) is 24.5 Å². The standard InChI is InChI=1S/C15H23ClN4O2/c1-10-8-12(18-13(16)17-10)20-7-6-19(9-11(20)2)14(21)22-15(3,4)5/h8,11H,6-7,9H2,1-5H3/t11-/m1/s1. The summed E-state index contributed by atoms with van der Waals surface area (Å²) >= 11 is 5.94. The van der Waals surface area contributed by atoms with Gasteiger partial charge in [0.15, 0.2) is 0 Å². The molecule has 0 saturated carbocycles. The number of carbonyl (C=O) groups excluding carboxylic acids is 1. The first-order valence-electron chi connectivity index (χ1n) is 7.41. The zero-order valence-corrected chi connectivity index (χ0v) is 14.5. The summed E-state index contributed by atoms with van der Waals surface area (Å²) in [6.45, 7) is 11.4. The van der Waals surface area contributed by atoms with Crippen molar-refractivity contribution < 1.29 is 9.53 Å². The van der Waals surface area contributed by atoms with Gasteiger partial charge in [-0.25, -0.2) is 14.8 Å². The number of aryl methyl sites for hydroxylation is 1. The van der Waals surface area contributed by atoms with Crippen molar-refractivity contribution in [3.05, 3.63) is 17.0 Å². The summed E-state index contributed by atoms with van der Waals surface area (Å²) in [5, 5.41) is 0.247. The molecule has 2 rings (SSSR count). The minimum atomic E-state index is -0.477. The van der Waals surface area contributed by atoms with E-state index in [0.29, 0.717) is 19.6 Å². The summed E-state index contributed by atoms with van der Waals surface area (Å²) in [7, 11) is 0. The molecule has 0 N–H and O–H groups in total. The lowest BCUT2D eigenvalue weighted by Crippen LogP contribution is -2.54. The van der Waals surface area contributed by atoms with Crippen molar-refractivity contribution in [1.29, 1.82) is 0 Å². The molecule has 7 heteroatoms. The molecular formula is C15H23ClN4O2. The monoisotopic (exact) mass is 326 g/mol. The van der Waals surface area contributed by atoms with Crippen molar-refractivity contribution in [1.82, 2.24) is 14.9 Å². The second kappa shape index (κ2) is 6.28. The predicted octanol–water partition coefficient (Wildman–Crippen LogP) is 2.88. The second-order valence-electron chi connectivity index (χ2n) is 6.61. The number of nitrogens with zero attached hydrogens (tertiary/aromatic N) is 4. The Morgan fingerprint density at radius 2 is 2.05 bits per heavy atom. The topological polar surface area (TPSA) is 58.6 Å². The van der Waals surface area contributed by atoms with Crippen molar-refractivity contribution in [2.45, 2.75) is 46.3 Å². The van der Waals surface area contributed by atoms with E-state index in [9.17, 15) is 4.79 Å². The number of hydrogen-bond donors (Lipinski definition) is 0. The van der Waals surface area contributed by atoms with Crippen molar-refractivity contribution in [3.63, 3.8) is 0 Å². The van der Waals surface area contributed by atoms with Crippen LogP contribution in [0.2, 0.25) is 5.28 Å². The average molecular weight is 327 g/mol. The van der Waals surface area contributed by atoms with E-state index >= 15 is 0 Å². The first-order chi connectivity index (χ1) is 10.2. The van der Waals surface area contributed by atoms with Gasteiger partial charge in [-0.05, 0) is 46.2 Å². The van der Waals surface area contributed by atoms with Crippen LogP contribution in [0.25, 0.3) is 0 Å². The Hall–Kier alpha value is -1.56. The van der Waals surface area contributed by atoms with Crippen LogP contribution in [0.1, 0.15) is 33.4 Å². The Morgan fingerprint density at radius 3 is 2.59 bits per heavy atom. The molecule has 6 nitrogen and oxygen atoms in total. The Bertz CT molecular complexity index is 539. The number of amides is 1. The normalized spacial score (nSPS) is 19.3. The molecule has 1 atom stereocenters. The lowest BCUT2D eigenvalue weighted by molar-refractivity contribution is 0.0218. The molecule has 0 radical (unpaired) electrons. The Morgan fingerprint density at radius 1 is 1.36 bits per heavy atom. The van der Waals surface area contributed by atoms with Crippen LogP contribution in [0.5, 0.6) is 0 Å². The summed E-state index contributed by atoms with van der Waals surface area (Å²) in [4.78, 5) is 24.4. The zero-order chi connectivity index (χ0) is 16.5. The molecule has 0 aromatic carbocycles. The molecule has 1 saturated heterocycles. The number of rotatable bonds is 1. The number of hydrogen-bond acceptors (Lipinski definition) is 5. The van der Waals surface area contributed by atoms with Gasteiger partial charge in [0.1, 0.15) is 11.4 Å². The van der Waals surface area contributed by atoms with Gasteiger partial charge in [0.05, 0.1) is 0 Å². The van der Waals surface area contributed by atoms with E-state index in [4.69, 9.17) is 16.3 Å². The van der Waals surface area contributed by atoms with Gasteiger partial charge in [-0.15, -0.1) is 0 Å². The Labute approximate surface area is 136 Å². The number of halogens is 1. The van der Waals surface area contributed by atoms with Crippen LogP contribution in [-0.4, -0.2) is 52.2 Å². The third-order valence-electron chi connectivity index (χ3n) is 3.39. The highest BCUT2D eigenvalue weighted by molar-refractivity contribution is 6.28. The summed E-state index contributed by atoms with van der Waals surface area (Å²) in [6, 6.07) is 2.04. The summed E-state index contributed by atoms with van der Waals surface area (Å²) in [5.74, 6) is 0.800. The maximum atomic E-state index is 12.1. The molecule has 1 aromatic heterocycles. The maximum absolute atomic E-state index is 12.1. The van der Waals surface area contributed by atoms with Crippen LogP contribution in [0, 0.1) is 6.92 Å². The van der Waals surface area contributed by atoms with Gasteiger partial charge in [0, 0.05) is 37.4 Å². The molecule has 1 fully saturated rings. The number of ether oxygens (including phenoxy) is 1. The van der Waals surface area contributed by atoms with E-state index in [1.165, 1.54) is 0 Å². The quantitative estimate of drug-likeness (QED) is 0.743. The first kappa shape index (κ1) is 16.8. The van der Waals surface area contributed by atoms with Crippen LogP contribution in [0.15, 0.2) is 6.07 Å². The van der Waals surface area contributed by atoms with Crippen LogP contribution in [0.3, 0.4) is 0 Å². The first-order valence-corrected chi connectivity index (χ1v) is 7.79. The highest BCUT2D eigenvalue weighted by Crippen LogP contribution is 2.21. The third kappa shape index (κ3) is 4.22. The van der Waals surface area contributed by atoms with Crippen molar-refractivity contribution in [2.24, 2.45) is 0 Å². The molecule has 0 bridgehead atoms. The summed E-state index contributed by atoms with van der Waals surface area (Å²) < 4.78 is 5.43. The number of piperazine rings is 1. The van der Waals surface area contributed by atoms with Crippen LogP contribution >= 0.6 is 11.6 Å². The molecular weight excluding hydrogens is 304 g/mol. The largest absolute Gasteiger partial charge is 0.444 e. The van der Waals surface area contributed by atoms with Gasteiger partial charge in [-0.2, -0.15) is 0 Å². The minimum Gasteiger partial charge on any atom is -0.444 e. The average Bonchev–Trinajstić information content (AvgIpc) is 2.35. The molecule has 0 spiro atoms. The van der Waals surface area contributed by atoms with E-state index < -0.39 is 5.60 Å². The molecule has 1 amide bonds. The second-order valence-corrected chi connectivity index (χ2v) is 6.94. The maximum Gasteiger partial charge on any atom is 0.410 e. The Balaban J connectivity index is 2.05. The molecule has 0 unspecified atom stereocenters. The summed E-state index contributed by atoms with van der Waals surface area (Å²) in [6.07, 6.45) is -0.268. The van der Waals surface area contributed by atoms with Crippen LogP contribution in [-0.2, 0) is 4.74 Å². The van der Waals surface area contributed by atoms with E-state index in [0.717, 1.165) is 11.5 Å². The van der Waals surface area contributed by atoms with Gasteiger partial charge in [0.25, 0.3) is 0 Å². The van der Waals surface area contributed by atoms with Gasteiger partial charge < -0.3 is 14.5 Å². The number of aromatic nitrogens is 2. The fourth-order valence-electron chi connectivity index (χ4n) is 2.45. The molecule has 1 aliphatic rings. The highest BCUT2D eigenvalue weighted by atomic mass is 35.5. The molecule has 2 heterocycles. The summed E-state index contributed by atoms with van der Waals surface area (Å²) in [5.41, 5.74) is 0.353. The lowest BCUT2D eigenvalue weighted by Gasteiger charge is -2.40. The van der Waals surface area contributed by atoms with Gasteiger partial charge >= 0.3 is 6.09 Å². The fourth-order valence-corrected chi connectivity index (χ4v) is 2.67. The van der Waals surface area contributed by atoms with Gasteiger partial charge in [0.2, 0.25) is 5.28 Å². The third-order valence-corrected chi connectivity index (χ3v) is 3.56. The minimum absolute atomic E-state index is 0.131. The Kier molecular flexibility index (Phi) is 4.80. The highest BCUT2D eigenvalue weighted by Gasteiger charge is 2.30. The molecule has 122 valence electrons.